The summed E-state index contributed by atoms with van der Waals surface area (Å²) in [6.07, 6.45) is 6.63. The van der Waals surface area contributed by atoms with E-state index < -0.39 is 17.6 Å². The molecule has 0 bridgehead atoms. The normalized spacial score (nSPS) is 16.2. The third kappa shape index (κ3) is 6.63. The number of likely N-dealkylation sites (tertiary alicyclic amines) is 1. The van der Waals surface area contributed by atoms with Gasteiger partial charge in [0, 0.05) is 37.9 Å². The van der Waals surface area contributed by atoms with Gasteiger partial charge < -0.3 is 19.9 Å². The zero-order valence-corrected chi connectivity index (χ0v) is 22.4. The Bertz CT molecular complexity index is 1340. The summed E-state index contributed by atoms with van der Waals surface area (Å²) < 4.78 is 20.5. The molecule has 2 amide bonds. The molecule has 0 radical (unpaired) electrons. The van der Waals surface area contributed by atoms with Crippen molar-refractivity contribution in [3.8, 4) is 5.75 Å². The number of nitrogens with zero attached hydrogens (tertiary/aromatic N) is 4. The summed E-state index contributed by atoms with van der Waals surface area (Å²) in [6.45, 7) is 3.77. The molecule has 2 N–H and O–H groups in total. The van der Waals surface area contributed by atoms with Gasteiger partial charge in [-0.1, -0.05) is 11.6 Å². The molecule has 2 saturated heterocycles. The Labute approximate surface area is 231 Å². The number of aromatic nitrogens is 2. The molecule has 3 heterocycles. The van der Waals surface area contributed by atoms with Gasteiger partial charge in [-0.25, -0.2) is 14.4 Å². The van der Waals surface area contributed by atoms with Gasteiger partial charge in [0.2, 0.25) is 5.95 Å². The van der Waals surface area contributed by atoms with E-state index >= 15 is 0 Å². The second kappa shape index (κ2) is 12.0. The highest BCUT2D eigenvalue weighted by Gasteiger charge is 2.24. The minimum atomic E-state index is -0.681. The topological polar surface area (TPSA) is 99.7 Å². The number of rotatable bonds is 7. The summed E-state index contributed by atoms with van der Waals surface area (Å²) in [6, 6.07) is 9.16. The molecular weight excluding hydrogens is 523 g/mol. The molecule has 0 saturated carbocycles. The zero-order valence-electron chi connectivity index (χ0n) is 21.6. The van der Waals surface area contributed by atoms with Gasteiger partial charge in [-0.3, -0.25) is 14.9 Å². The van der Waals surface area contributed by atoms with Crippen LogP contribution < -0.4 is 20.3 Å². The Kier molecular flexibility index (Phi) is 8.23. The van der Waals surface area contributed by atoms with Crippen LogP contribution in [-0.4, -0.2) is 66.0 Å². The first kappa shape index (κ1) is 26.8. The molecule has 11 heteroatoms. The fourth-order valence-electron chi connectivity index (χ4n) is 4.80. The number of nitrogens with one attached hydrogen (secondary N) is 2. The Morgan fingerprint density at radius 3 is 2.36 bits per heavy atom. The van der Waals surface area contributed by atoms with Gasteiger partial charge in [-0.2, -0.15) is 0 Å². The molecule has 0 atom stereocenters. The maximum atomic E-state index is 14.1. The van der Waals surface area contributed by atoms with Crippen LogP contribution in [0.5, 0.6) is 5.75 Å². The van der Waals surface area contributed by atoms with Gasteiger partial charge in [0.05, 0.1) is 34.2 Å². The quantitative estimate of drug-likeness (QED) is 0.432. The first-order chi connectivity index (χ1) is 18.9. The van der Waals surface area contributed by atoms with E-state index in [1.807, 2.05) is 12.1 Å². The average Bonchev–Trinajstić information content (AvgIpc) is 3.47. The molecule has 1 aromatic heterocycles. The van der Waals surface area contributed by atoms with Crippen molar-refractivity contribution in [1.29, 1.82) is 0 Å². The highest BCUT2D eigenvalue weighted by Crippen LogP contribution is 2.31. The summed E-state index contributed by atoms with van der Waals surface area (Å²) >= 11 is 5.80. The number of hydrogen-bond acceptors (Lipinski definition) is 7. The van der Waals surface area contributed by atoms with Gasteiger partial charge in [-0.05, 0) is 63.1 Å². The Balaban J connectivity index is 1.39. The van der Waals surface area contributed by atoms with Crippen molar-refractivity contribution in [2.75, 3.05) is 48.8 Å². The second-order valence-electron chi connectivity index (χ2n) is 9.82. The Morgan fingerprint density at radius 1 is 0.949 bits per heavy atom. The van der Waals surface area contributed by atoms with Gasteiger partial charge in [0.1, 0.15) is 17.7 Å². The lowest BCUT2D eigenvalue weighted by atomic mass is 10.1. The highest BCUT2D eigenvalue weighted by atomic mass is 35.5. The SMILES string of the molecule is CN1CCC(Oc2cc(N3CCCC3)ccc2C(=O)Nc2ccc(F)cc2C(=O)Nc2ncc(Cl)cn2)CC1. The van der Waals surface area contributed by atoms with Crippen molar-refractivity contribution in [2.24, 2.45) is 0 Å². The number of carbonyl (C=O) groups excluding carboxylic acids is 2. The summed E-state index contributed by atoms with van der Waals surface area (Å²) in [4.78, 5) is 38.9. The fourth-order valence-corrected chi connectivity index (χ4v) is 4.90. The third-order valence-corrected chi connectivity index (χ3v) is 7.16. The van der Waals surface area contributed by atoms with E-state index in [2.05, 4.69) is 37.4 Å². The predicted molar refractivity (Wildman–Crippen MR) is 148 cm³/mol. The molecule has 9 nitrogen and oxygen atoms in total. The van der Waals surface area contributed by atoms with Gasteiger partial charge >= 0.3 is 0 Å². The Hall–Kier alpha value is -3.76. The van der Waals surface area contributed by atoms with Crippen molar-refractivity contribution < 1.29 is 18.7 Å². The van der Waals surface area contributed by atoms with Gasteiger partial charge in [0.15, 0.2) is 0 Å². The molecule has 2 aliphatic heterocycles. The smallest absolute Gasteiger partial charge is 0.260 e. The number of benzene rings is 2. The van der Waals surface area contributed by atoms with E-state index in [1.165, 1.54) is 24.5 Å². The number of piperidine rings is 1. The van der Waals surface area contributed by atoms with Gasteiger partial charge in [-0.15, -0.1) is 0 Å². The molecule has 204 valence electrons. The van der Waals surface area contributed by atoms with Crippen molar-refractivity contribution >= 4 is 40.7 Å². The minimum Gasteiger partial charge on any atom is -0.489 e. The molecule has 2 aromatic carbocycles. The van der Waals surface area contributed by atoms with E-state index in [1.54, 1.807) is 6.07 Å². The largest absolute Gasteiger partial charge is 0.489 e. The highest BCUT2D eigenvalue weighted by molar-refractivity contribution is 6.30. The molecule has 39 heavy (non-hydrogen) atoms. The van der Waals surface area contributed by atoms with E-state index in [0.29, 0.717) is 16.3 Å². The van der Waals surface area contributed by atoms with Crippen LogP contribution in [0.3, 0.4) is 0 Å². The van der Waals surface area contributed by atoms with E-state index in [0.717, 1.165) is 63.6 Å². The summed E-state index contributed by atoms with van der Waals surface area (Å²) in [5.74, 6) is -1.28. The molecule has 2 fully saturated rings. The van der Waals surface area contributed by atoms with Crippen LogP contribution in [0.4, 0.5) is 21.7 Å². The number of carbonyl (C=O) groups is 2. The van der Waals surface area contributed by atoms with Crippen LogP contribution >= 0.6 is 11.6 Å². The molecule has 0 aliphatic carbocycles. The molecule has 2 aliphatic rings. The van der Waals surface area contributed by atoms with Crippen molar-refractivity contribution in [2.45, 2.75) is 31.8 Å². The summed E-state index contributed by atoms with van der Waals surface area (Å²) in [7, 11) is 2.08. The van der Waals surface area contributed by atoms with E-state index in [-0.39, 0.29) is 23.3 Å². The van der Waals surface area contributed by atoms with Crippen LogP contribution in [0.1, 0.15) is 46.4 Å². The van der Waals surface area contributed by atoms with E-state index in [4.69, 9.17) is 16.3 Å². The first-order valence-corrected chi connectivity index (χ1v) is 13.4. The second-order valence-corrected chi connectivity index (χ2v) is 10.3. The van der Waals surface area contributed by atoms with Crippen LogP contribution in [0.25, 0.3) is 0 Å². The van der Waals surface area contributed by atoms with Crippen LogP contribution in [0.15, 0.2) is 48.8 Å². The van der Waals surface area contributed by atoms with E-state index in [9.17, 15) is 14.0 Å². The molecule has 0 unspecified atom stereocenters. The Morgan fingerprint density at radius 2 is 1.64 bits per heavy atom. The molecule has 5 rings (SSSR count). The summed E-state index contributed by atoms with van der Waals surface area (Å²) in [5.41, 5.74) is 1.42. The third-order valence-electron chi connectivity index (χ3n) is 6.96. The van der Waals surface area contributed by atoms with Crippen LogP contribution in [-0.2, 0) is 0 Å². The monoisotopic (exact) mass is 552 g/mol. The van der Waals surface area contributed by atoms with Crippen molar-refractivity contribution in [3.63, 3.8) is 0 Å². The maximum absolute atomic E-state index is 14.1. The lowest BCUT2D eigenvalue weighted by Gasteiger charge is -2.30. The molecular formula is C28H30ClFN6O3. The standard InChI is InChI=1S/C28H30ClFN6O3/c1-35-12-8-21(9-13-35)39-25-15-20(36-10-2-3-11-36)5-6-22(25)26(37)33-24-7-4-19(30)14-23(24)27(38)34-28-31-16-18(29)17-32-28/h4-7,14-17,21H,2-3,8-13H2,1H3,(H,33,37)(H,31,32,34,38). The number of halogens is 2. The zero-order chi connectivity index (χ0) is 27.4. The molecule has 0 spiro atoms. The molecule has 3 aromatic rings. The number of ether oxygens (including phenoxy) is 1. The maximum Gasteiger partial charge on any atom is 0.260 e. The van der Waals surface area contributed by atoms with Crippen LogP contribution in [0.2, 0.25) is 5.02 Å². The first-order valence-electron chi connectivity index (χ1n) is 13.0. The van der Waals surface area contributed by atoms with Gasteiger partial charge in [0.25, 0.3) is 11.8 Å². The fraction of sp³-hybridized carbons (Fsp3) is 0.357. The predicted octanol–water partition coefficient (Wildman–Crippen LogP) is 4.85. The lowest BCUT2D eigenvalue weighted by molar-refractivity contribution is 0.0989. The van der Waals surface area contributed by atoms with Crippen molar-refractivity contribution in [3.05, 3.63) is 70.8 Å². The minimum absolute atomic E-state index is 0.00254. The number of amides is 2. The number of hydrogen-bond donors (Lipinski definition) is 2. The number of anilines is 3. The average molecular weight is 553 g/mol. The lowest BCUT2D eigenvalue weighted by Crippen LogP contribution is -2.36. The van der Waals surface area contributed by atoms with Crippen molar-refractivity contribution in [1.82, 2.24) is 14.9 Å². The van der Waals surface area contributed by atoms with Crippen LogP contribution in [0, 0.1) is 5.82 Å². The summed E-state index contributed by atoms with van der Waals surface area (Å²) in [5, 5.41) is 5.58.